The molecule has 3 N–H and O–H groups in total. The van der Waals surface area contributed by atoms with E-state index in [1.807, 2.05) is 6.92 Å². The van der Waals surface area contributed by atoms with E-state index in [1.54, 1.807) is 7.11 Å². The summed E-state index contributed by atoms with van der Waals surface area (Å²) in [5.74, 6) is 0. The Hall–Kier alpha value is -0.810. The maximum absolute atomic E-state index is 11.7. The van der Waals surface area contributed by atoms with Crippen LogP contribution >= 0.6 is 0 Å². The molecule has 0 bridgehead atoms. The lowest BCUT2D eigenvalue weighted by Gasteiger charge is -2.29. The van der Waals surface area contributed by atoms with Crippen LogP contribution < -0.4 is 10.6 Å². The fourth-order valence-electron chi connectivity index (χ4n) is 2.18. The Morgan fingerprint density at radius 3 is 2.88 bits per heavy atom. The molecular formula is C12H24N2O3. The first-order valence-electron chi connectivity index (χ1n) is 6.40. The van der Waals surface area contributed by atoms with E-state index in [9.17, 15) is 4.79 Å². The van der Waals surface area contributed by atoms with Gasteiger partial charge in [-0.2, -0.15) is 0 Å². The van der Waals surface area contributed by atoms with E-state index < -0.39 is 0 Å². The van der Waals surface area contributed by atoms with E-state index in [2.05, 4.69) is 10.6 Å². The monoisotopic (exact) mass is 244 g/mol. The molecule has 0 aromatic rings. The minimum absolute atomic E-state index is 0.0186. The summed E-state index contributed by atoms with van der Waals surface area (Å²) in [5.41, 5.74) is 0. The van der Waals surface area contributed by atoms with Gasteiger partial charge in [0.1, 0.15) is 0 Å². The van der Waals surface area contributed by atoms with Crippen LogP contribution in [-0.4, -0.2) is 43.0 Å². The second-order valence-electron chi connectivity index (χ2n) is 4.63. The number of urea groups is 1. The van der Waals surface area contributed by atoms with Gasteiger partial charge in [-0.1, -0.05) is 6.92 Å². The molecule has 0 spiro atoms. The van der Waals surface area contributed by atoms with Crippen LogP contribution in [0.2, 0.25) is 0 Å². The van der Waals surface area contributed by atoms with Crippen molar-refractivity contribution in [2.75, 3.05) is 13.7 Å². The van der Waals surface area contributed by atoms with Crippen LogP contribution in [0, 0.1) is 0 Å². The van der Waals surface area contributed by atoms with Crippen molar-refractivity contribution < 1.29 is 14.6 Å². The smallest absolute Gasteiger partial charge is 0.315 e. The molecular weight excluding hydrogens is 220 g/mol. The average molecular weight is 244 g/mol. The highest BCUT2D eigenvalue weighted by atomic mass is 16.5. The van der Waals surface area contributed by atoms with Gasteiger partial charge in [0.15, 0.2) is 0 Å². The predicted octanol–water partition coefficient (Wildman–Crippen LogP) is 1.01. The molecule has 17 heavy (non-hydrogen) atoms. The third kappa shape index (κ3) is 4.91. The second-order valence-corrected chi connectivity index (χ2v) is 4.63. The van der Waals surface area contributed by atoms with Gasteiger partial charge in [0.05, 0.1) is 18.8 Å². The highest BCUT2D eigenvalue weighted by Crippen LogP contribution is 2.20. The van der Waals surface area contributed by atoms with Crippen LogP contribution in [0.5, 0.6) is 0 Å². The lowest BCUT2D eigenvalue weighted by atomic mass is 9.93. The van der Waals surface area contributed by atoms with E-state index in [4.69, 9.17) is 9.84 Å². The molecule has 3 atom stereocenters. The van der Waals surface area contributed by atoms with Crippen molar-refractivity contribution in [1.82, 2.24) is 10.6 Å². The van der Waals surface area contributed by atoms with Crippen molar-refractivity contribution in [1.29, 1.82) is 0 Å². The van der Waals surface area contributed by atoms with Crippen molar-refractivity contribution in [3.63, 3.8) is 0 Å². The molecule has 1 saturated carbocycles. The average Bonchev–Trinajstić information content (AvgIpc) is 2.36. The molecule has 5 nitrogen and oxygen atoms in total. The number of hydrogen-bond donors (Lipinski definition) is 3. The zero-order chi connectivity index (χ0) is 12.7. The third-order valence-electron chi connectivity index (χ3n) is 3.34. The Kier molecular flexibility index (Phi) is 6.29. The highest BCUT2D eigenvalue weighted by molar-refractivity contribution is 5.74. The lowest BCUT2D eigenvalue weighted by molar-refractivity contribution is 0.0602. The highest BCUT2D eigenvalue weighted by Gasteiger charge is 2.23. The van der Waals surface area contributed by atoms with Crippen molar-refractivity contribution >= 4 is 6.03 Å². The molecule has 1 fully saturated rings. The van der Waals surface area contributed by atoms with Gasteiger partial charge in [0.2, 0.25) is 0 Å². The van der Waals surface area contributed by atoms with Crippen LogP contribution in [0.25, 0.3) is 0 Å². The van der Waals surface area contributed by atoms with Gasteiger partial charge in [-0.05, 0) is 32.1 Å². The number of carbonyl (C=O) groups excluding carboxylic acids is 1. The summed E-state index contributed by atoms with van der Waals surface area (Å²) < 4.78 is 5.31. The van der Waals surface area contributed by atoms with Gasteiger partial charge >= 0.3 is 6.03 Å². The van der Waals surface area contributed by atoms with Crippen LogP contribution in [0.4, 0.5) is 4.79 Å². The topological polar surface area (TPSA) is 70.6 Å². The van der Waals surface area contributed by atoms with E-state index in [-0.39, 0.29) is 30.8 Å². The molecule has 1 aliphatic carbocycles. The Bertz CT molecular complexity index is 232. The fraction of sp³-hybridized carbons (Fsp3) is 0.917. The summed E-state index contributed by atoms with van der Waals surface area (Å²) in [6.45, 7) is 1.91. The normalized spacial score (nSPS) is 26.3. The maximum Gasteiger partial charge on any atom is 0.315 e. The quantitative estimate of drug-likeness (QED) is 0.676. The first kappa shape index (κ1) is 14.3. The standard InChI is InChI=1S/C12H24N2O3/c1-3-9(8-15)13-12(16)14-10-5-4-6-11(7-10)17-2/h9-11,15H,3-8H2,1-2H3,(H2,13,14,16)/t9-,10+,11-/m0/s1. The molecule has 0 radical (unpaired) electrons. The zero-order valence-electron chi connectivity index (χ0n) is 10.7. The number of hydrogen-bond acceptors (Lipinski definition) is 3. The van der Waals surface area contributed by atoms with E-state index in [1.165, 1.54) is 0 Å². The van der Waals surface area contributed by atoms with Crippen LogP contribution in [-0.2, 0) is 4.74 Å². The van der Waals surface area contributed by atoms with Crippen LogP contribution in [0.15, 0.2) is 0 Å². The second kappa shape index (κ2) is 7.50. The maximum atomic E-state index is 11.7. The minimum atomic E-state index is -0.187. The Balaban J connectivity index is 2.30. The minimum Gasteiger partial charge on any atom is -0.394 e. The first-order chi connectivity index (χ1) is 8.19. The Labute approximate surface area is 103 Å². The van der Waals surface area contributed by atoms with E-state index in [0.717, 1.165) is 32.1 Å². The number of carbonyl (C=O) groups is 1. The van der Waals surface area contributed by atoms with Crippen LogP contribution in [0.1, 0.15) is 39.0 Å². The van der Waals surface area contributed by atoms with E-state index >= 15 is 0 Å². The van der Waals surface area contributed by atoms with Gasteiger partial charge < -0.3 is 20.5 Å². The van der Waals surface area contributed by atoms with E-state index in [0.29, 0.717) is 0 Å². The zero-order valence-corrected chi connectivity index (χ0v) is 10.7. The molecule has 100 valence electrons. The molecule has 0 aliphatic heterocycles. The SMILES string of the molecule is CC[C@@H](CO)NC(=O)N[C@@H]1CCC[C@H](OC)C1. The number of nitrogens with one attached hydrogen (secondary N) is 2. The van der Waals surface area contributed by atoms with Gasteiger partial charge in [0.25, 0.3) is 0 Å². The first-order valence-corrected chi connectivity index (χ1v) is 6.40. The Morgan fingerprint density at radius 2 is 2.29 bits per heavy atom. The van der Waals surface area contributed by atoms with Crippen molar-refractivity contribution in [3.8, 4) is 0 Å². The summed E-state index contributed by atoms with van der Waals surface area (Å²) in [4.78, 5) is 11.7. The molecule has 2 amide bonds. The number of ether oxygens (including phenoxy) is 1. The van der Waals surface area contributed by atoms with Crippen molar-refractivity contribution in [3.05, 3.63) is 0 Å². The number of aliphatic hydroxyl groups is 1. The molecule has 1 rings (SSSR count). The van der Waals surface area contributed by atoms with Gasteiger partial charge in [-0.3, -0.25) is 0 Å². The molecule has 5 heteroatoms. The summed E-state index contributed by atoms with van der Waals surface area (Å²) in [6.07, 6.45) is 5.03. The number of methoxy groups -OCH3 is 1. The summed E-state index contributed by atoms with van der Waals surface area (Å²) in [6, 6.07) is -0.158. The number of aliphatic hydroxyl groups excluding tert-OH is 1. The van der Waals surface area contributed by atoms with Crippen LogP contribution in [0.3, 0.4) is 0 Å². The summed E-state index contributed by atoms with van der Waals surface area (Å²) in [7, 11) is 1.71. The van der Waals surface area contributed by atoms with Gasteiger partial charge in [-0.15, -0.1) is 0 Å². The molecule has 0 unspecified atom stereocenters. The molecule has 0 aromatic heterocycles. The van der Waals surface area contributed by atoms with Crippen molar-refractivity contribution in [2.24, 2.45) is 0 Å². The fourth-order valence-corrected chi connectivity index (χ4v) is 2.18. The molecule has 0 heterocycles. The van der Waals surface area contributed by atoms with Gasteiger partial charge in [0, 0.05) is 13.2 Å². The molecule has 0 saturated heterocycles. The largest absolute Gasteiger partial charge is 0.394 e. The number of amides is 2. The Morgan fingerprint density at radius 1 is 1.53 bits per heavy atom. The van der Waals surface area contributed by atoms with Gasteiger partial charge in [-0.25, -0.2) is 4.79 Å². The number of rotatable bonds is 5. The van der Waals surface area contributed by atoms with Crippen molar-refractivity contribution in [2.45, 2.75) is 57.2 Å². The third-order valence-corrected chi connectivity index (χ3v) is 3.34. The predicted molar refractivity (Wildman–Crippen MR) is 65.9 cm³/mol. The summed E-state index contributed by atoms with van der Waals surface area (Å²) >= 11 is 0. The molecule has 1 aliphatic rings. The summed E-state index contributed by atoms with van der Waals surface area (Å²) in [5, 5.41) is 14.7. The molecule has 0 aromatic carbocycles. The lowest BCUT2D eigenvalue weighted by Crippen LogP contribution is -2.49.